The Bertz CT molecular complexity index is 1010. The van der Waals surface area contributed by atoms with E-state index in [0.717, 1.165) is 69.6 Å². The van der Waals surface area contributed by atoms with Crippen molar-refractivity contribution in [3.8, 4) is 0 Å². The number of rotatable bonds is 54. The SMILES string of the molecule is CCCCCCCCCCCCC(=O)OC[C@H](COC(=O)CCCCCCCCCCCCCCCCCCCCC(C)CC)OC(=O)CCCCCCCCCCCCCCCC(C)C. The molecular weight excluding hydrogens is 817 g/mol. The van der Waals surface area contributed by atoms with Gasteiger partial charge in [0.2, 0.25) is 0 Å². The van der Waals surface area contributed by atoms with Crippen molar-refractivity contribution in [1.82, 2.24) is 0 Å². The molecule has 0 aromatic rings. The van der Waals surface area contributed by atoms with E-state index in [0.29, 0.717) is 19.3 Å². The first-order valence-electron chi connectivity index (χ1n) is 29.8. The van der Waals surface area contributed by atoms with E-state index in [2.05, 4.69) is 34.6 Å². The van der Waals surface area contributed by atoms with Crippen molar-refractivity contribution in [1.29, 1.82) is 0 Å². The van der Waals surface area contributed by atoms with E-state index in [1.54, 1.807) is 0 Å². The Balaban J connectivity index is 4.19. The lowest BCUT2D eigenvalue weighted by molar-refractivity contribution is -0.167. The van der Waals surface area contributed by atoms with Crippen LogP contribution in [0.15, 0.2) is 0 Å². The number of hydrogen-bond acceptors (Lipinski definition) is 6. The number of carbonyl (C=O) groups excluding carboxylic acids is 3. The van der Waals surface area contributed by atoms with Gasteiger partial charge in [-0.25, -0.2) is 0 Å². The minimum atomic E-state index is -0.762. The molecule has 1 unspecified atom stereocenters. The Morgan fingerprint density at radius 3 is 0.864 bits per heavy atom. The van der Waals surface area contributed by atoms with E-state index >= 15 is 0 Å². The standard InChI is InChI=1S/C60H116O6/c1-6-8-9-10-11-12-30-35-40-45-50-58(61)64-53-57(66-60(63)52-47-42-37-32-27-23-19-20-24-28-33-38-43-48-55(3)4)54-65-59(62)51-46-41-36-31-26-22-18-16-14-13-15-17-21-25-29-34-39-44-49-56(5)7-2/h55-57H,6-54H2,1-5H3/t56?,57-/m1/s1. The third kappa shape index (κ3) is 51.8. The predicted molar refractivity (Wildman–Crippen MR) is 284 cm³/mol. The van der Waals surface area contributed by atoms with E-state index in [1.165, 1.54) is 225 Å². The smallest absolute Gasteiger partial charge is 0.306 e. The Kier molecular flexibility index (Phi) is 51.5. The number of hydrogen-bond donors (Lipinski definition) is 0. The predicted octanol–water partition coefficient (Wildman–Crippen LogP) is 19.7. The molecule has 0 rings (SSSR count). The number of ether oxygens (including phenoxy) is 3. The zero-order valence-corrected chi connectivity index (χ0v) is 45.3. The first kappa shape index (κ1) is 64.4. The summed E-state index contributed by atoms with van der Waals surface area (Å²) in [5, 5.41) is 0. The van der Waals surface area contributed by atoms with Gasteiger partial charge in [0.1, 0.15) is 13.2 Å². The molecule has 2 atom stereocenters. The monoisotopic (exact) mass is 933 g/mol. The number of esters is 3. The summed E-state index contributed by atoms with van der Waals surface area (Å²) in [4.78, 5) is 38.1. The van der Waals surface area contributed by atoms with Crippen molar-refractivity contribution >= 4 is 17.9 Å². The van der Waals surface area contributed by atoms with Crippen LogP contribution in [0.1, 0.15) is 336 Å². The summed E-state index contributed by atoms with van der Waals surface area (Å²) in [6.45, 7) is 11.5. The molecule has 0 aromatic carbocycles. The molecular formula is C60H116O6. The van der Waals surface area contributed by atoms with E-state index < -0.39 is 6.10 Å². The molecule has 0 radical (unpaired) electrons. The van der Waals surface area contributed by atoms with Gasteiger partial charge >= 0.3 is 17.9 Å². The van der Waals surface area contributed by atoms with Gasteiger partial charge < -0.3 is 14.2 Å². The van der Waals surface area contributed by atoms with Crippen LogP contribution in [-0.4, -0.2) is 37.2 Å². The van der Waals surface area contributed by atoms with Crippen LogP contribution in [0.4, 0.5) is 0 Å². The van der Waals surface area contributed by atoms with E-state index in [9.17, 15) is 14.4 Å². The first-order chi connectivity index (χ1) is 32.3. The normalized spacial score (nSPS) is 12.5. The summed E-state index contributed by atoms with van der Waals surface area (Å²) in [5.74, 6) is 0.909. The maximum atomic E-state index is 12.8. The van der Waals surface area contributed by atoms with Crippen LogP contribution in [0, 0.1) is 11.8 Å². The van der Waals surface area contributed by atoms with Gasteiger partial charge in [-0.2, -0.15) is 0 Å². The first-order valence-corrected chi connectivity index (χ1v) is 29.8. The number of unbranched alkanes of at least 4 members (excludes halogenated alkanes) is 38. The van der Waals surface area contributed by atoms with Gasteiger partial charge in [0.25, 0.3) is 0 Å². The molecule has 0 aromatic heterocycles. The van der Waals surface area contributed by atoms with Crippen molar-refractivity contribution in [2.45, 2.75) is 343 Å². The van der Waals surface area contributed by atoms with Crippen LogP contribution in [0.2, 0.25) is 0 Å². The molecule has 392 valence electrons. The maximum absolute atomic E-state index is 12.8. The van der Waals surface area contributed by atoms with E-state index in [-0.39, 0.29) is 31.1 Å². The topological polar surface area (TPSA) is 78.9 Å². The Morgan fingerprint density at radius 2 is 0.576 bits per heavy atom. The highest BCUT2D eigenvalue weighted by molar-refractivity contribution is 5.71. The fourth-order valence-electron chi connectivity index (χ4n) is 9.20. The molecule has 0 aliphatic carbocycles. The maximum Gasteiger partial charge on any atom is 0.306 e. The minimum Gasteiger partial charge on any atom is -0.462 e. The molecule has 0 N–H and O–H groups in total. The minimum absolute atomic E-state index is 0.0625. The fourth-order valence-corrected chi connectivity index (χ4v) is 9.20. The molecule has 0 saturated carbocycles. The summed E-state index contributed by atoms with van der Waals surface area (Å²) >= 11 is 0. The van der Waals surface area contributed by atoms with Crippen LogP contribution in [-0.2, 0) is 28.6 Å². The van der Waals surface area contributed by atoms with Crippen LogP contribution < -0.4 is 0 Å². The molecule has 6 nitrogen and oxygen atoms in total. The Morgan fingerprint density at radius 1 is 0.318 bits per heavy atom. The van der Waals surface area contributed by atoms with Gasteiger partial charge in [0, 0.05) is 19.3 Å². The highest BCUT2D eigenvalue weighted by Gasteiger charge is 2.19. The zero-order chi connectivity index (χ0) is 48.2. The van der Waals surface area contributed by atoms with Crippen LogP contribution in [0.3, 0.4) is 0 Å². The average molecular weight is 934 g/mol. The molecule has 0 heterocycles. The fraction of sp³-hybridized carbons (Fsp3) is 0.950. The molecule has 0 fully saturated rings. The second-order valence-electron chi connectivity index (χ2n) is 21.4. The third-order valence-electron chi connectivity index (χ3n) is 14.1. The van der Waals surface area contributed by atoms with Crippen molar-refractivity contribution < 1.29 is 28.6 Å². The van der Waals surface area contributed by atoms with Crippen LogP contribution in [0.25, 0.3) is 0 Å². The number of carbonyl (C=O) groups is 3. The van der Waals surface area contributed by atoms with Gasteiger partial charge in [-0.15, -0.1) is 0 Å². The lowest BCUT2D eigenvalue weighted by Crippen LogP contribution is -2.30. The summed E-state index contributed by atoms with van der Waals surface area (Å²) in [6.07, 6.45) is 56.7. The summed E-state index contributed by atoms with van der Waals surface area (Å²) < 4.78 is 16.9. The van der Waals surface area contributed by atoms with Crippen molar-refractivity contribution in [2.24, 2.45) is 11.8 Å². The lowest BCUT2D eigenvalue weighted by atomic mass is 9.99. The second-order valence-corrected chi connectivity index (χ2v) is 21.4. The quantitative estimate of drug-likeness (QED) is 0.0343. The third-order valence-corrected chi connectivity index (χ3v) is 14.1. The molecule has 0 spiro atoms. The summed E-state index contributed by atoms with van der Waals surface area (Å²) in [6, 6.07) is 0. The largest absolute Gasteiger partial charge is 0.462 e. The molecule has 66 heavy (non-hydrogen) atoms. The van der Waals surface area contributed by atoms with Crippen molar-refractivity contribution in [2.75, 3.05) is 13.2 Å². The molecule has 0 aliphatic heterocycles. The van der Waals surface area contributed by atoms with E-state index in [1.807, 2.05) is 0 Å². The lowest BCUT2D eigenvalue weighted by Gasteiger charge is -2.18. The summed E-state index contributed by atoms with van der Waals surface area (Å²) in [5.41, 5.74) is 0. The zero-order valence-electron chi connectivity index (χ0n) is 45.3. The molecule has 0 bridgehead atoms. The highest BCUT2D eigenvalue weighted by atomic mass is 16.6. The van der Waals surface area contributed by atoms with Gasteiger partial charge in [-0.1, -0.05) is 298 Å². The highest BCUT2D eigenvalue weighted by Crippen LogP contribution is 2.19. The molecule has 0 aliphatic rings. The summed E-state index contributed by atoms with van der Waals surface area (Å²) in [7, 11) is 0. The molecule has 6 heteroatoms. The van der Waals surface area contributed by atoms with Crippen molar-refractivity contribution in [3.63, 3.8) is 0 Å². The Hall–Kier alpha value is -1.59. The van der Waals surface area contributed by atoms with Crippen molar-refractivity contribution in [3.05, 3.63) is 0 Å². The van der Waals surface area contributed by atoms with Crippen LogP contribution >= 0.6 is 0 Å². The van der Waals surface area contributed by atoms with Crippen LogP contribution in [0.5, 0.6) is 0 Å². The van der Waals surface area contributed by atoms with Gasteiger partial charge in [-0.3, -0.25) is 14.4 Å². The van der Waals surface area contributed by atoms with Gasteiger partial charge in [0.15, 0.2) is 6.10 Å². The van der Waals surface area contributed by atoms with Gasteiger partial charge in [-0.05, 0) is 31.1 Å². The van der Waals surface area contributed by atoms with Gasteiger partial charge in [0.05, 0.1) is 0 Å². The average Bonchev–Trinajstić information content (AvgIpc) is 3.30. The van der Waals surface area contributed by atoms with E-state index in [4.69, 9.17) is 14.2 Å². The molecule has 0 saturated heterocycles. The molecule has 0 amide bonds. The Labute approximate surface area is 412 Å². The second kappa shape index (κ2) is 52.8.